The summed E-state index contributed by atoms with van der Waals surface area (Å²) in [6.45, 7) is 0. The lowest BCUT2D eigenvalue weighted by molar-refractivity contribution is 0.601. The van der Waals surface area contributed by atoms with E-state index < -0.39 is 10.0 Å². The van der Waals surface area contributed by atoms with Crippen molar-refractivity contribution in [3.63, 3.8) is 0 Å². The van der Waals surface area contributed by atoms with Gasteiger partial charge in [-0.2, -0.15) is 4.80 Å². The number of anilines is 1. The van der Waals surface area contributed by atoms with Crippen molar-refractivity contribution in [2.75, 3.05) is 4.72 Å². The molecule has 0 spiro atoms. The lowest BCUT2D eigenvalue weighted by Gasteiger charge is -2.13. The van der Waals surface area contributed by atoms with Crippen LogP contribution in [0, 0.1) is 0 Å². The third kappa shape index (κ3) is 4.27. The standard InChI is InChI=1S/C15H12Cl3N5O2S/c1-23-20-15(19-22-23)7-9-6-12(17)13(18)8-14(9)21-26(24,25)11-4-2-10(16)3-5-11/h2-6,8,21H,7H2,1H3. The van der Waals surface area contributed by atoms with Crippen molar-refractivity contribution in [3.05, 3.63) is 62.9 Å². The minimum atomic E-state index is -3.84. The van der Waals surface area contributed by atoms with Crippen molar-refractivity contribution in [3.8, 4) is 0 Å². The Morgan fingerprint density at radius 1 is 1.08 bits per heavy atom. The fourth-order valence-electron chi connectivity index (χ4n) is 2.21. The first kappa shape index (κ1) is 18.9. The molecule has 0 aliphatic rings. The Morgan fingerprint density at radius 3 is 2.35 bits per heavy atom. The molecule has 1 heterocycles. The summed E-state index contributed by atoms with van der Waals surface area (Å²) in [5.74, 6) is 0.415. The van der Waals surface area contributed by atoms with E-state index in [1.165, 1.54) is 35.1 Å². The number of hydrogen-bond donors (Lipinski definition) is 1. The van der Waals surface area contributed by atoms with Gasteiger partial charge in [-0.05, 0) is 47.2 Å². The minimum Gasteiger partial charge on any atom is -0.279 e. The number of aryl methyl sites for hydroxylation is 1. The third-order valence-electron chi connectivity index (χ3n) is 3.41. The highest BCUT2D eigenvalue weighted by molar-refractivity contribution is 7.92. The molecular weight excluding hydrogens is 421 g/mol. The zero-order valence-electron chi connectivity index (χ0n) is 13.3. The van der Waals surface area contributed by atoms with E-state index in [2.05, 4.69) is 20.1 Å². The van der Waals surface area contributed by atoms with Crippen LogP contribution in [0.5, 0.6) is 0 Å². The zero-order valence-corrected chi connectivity index (χ0v) is 16.4. The number of nitrogens with zero attached hydrogens (tertiary/aromatic N) is 4. The summed E-state index contributed by atoms with van der Waals surface area (Å²) in [6.07, 6.45) is 0.225. The highest BCUT2D eigenvalue weighted by atomic mass is 35.5. The Morgan fingerprint density at radius 2 is 1.73 bits per heavy atom. The van der Waals surface area contributed by atoms with Gasteiger partial charge in [0, 0.05) is 11.4 Å². The number of sulfonamides is 1. The van der Waals surface area contributed by atoms with Gasteiger partial charge in [-0.25, -0.2) is 8.42 Å². The van der Waals surface area contributed by atoms with Gasteiger partial charge < -0.3 is 0 Å². The molecule has 11 heteroatoms. The van der Waals surface area contributed by atoms with Gasteiger partial charge in [0.1, 0.15) is 0 Å². The summed E-state index contributed by atoms with van der Waals surface area (Å²) >= 11 is 17.9. The van der Waals surface area contributed by atoms with Crippen LogP contribution < -0.4 is 4.72 Å². The zero-order chi connectivity index (χ0) is 18.9. The minimum absolute atomic E-state index is 0.0663. The quantitative estimate of drug-likeness (QED) is 0.666. The van der Waals surface area contributed by atoms with Crippen LogP contribution in [-0.4, -0.2) is 28.6 Å². The van der Waals surface area contributed by atoms with Gasteiger partial charge in [0.05, 0.1) is 27.7 Å². The molecule has 3 rings (SSSR count). The summed E-state index contributed by atoms with van der Waals surface area (Å²) in [5, 5.41) is 12.7. The van der Waals surface area contributed by atoms with Gasteiger partial charge in [0.25, 0.3) is 10.0 Å². The number of halogens is 3. The van der Waals surface area contributed by atoms with Crippen LogP contribution >= 0.6 is 34.8 Å². The normalized spacial score (nSPS) is 11.5. The van der Waals surface area contributed by atoms with Crippen LogP contribution in [0.4, 0.5) is 5.69 Å². The van der Waals surface area contributed by atoms with Crippen molar-refractivity contribution in [2.24, 2.45) is 7.05 Å². The first-order chi connectivity index (χ1) is 12.2. The Bertz CT molecular complexity index is 1050. The molecule has 26 heavy (non-hydrogen) atoms. The van der Waals surface area contributed by atoms with E-state index in [-0.39, 0.29) is 22.0 Å². The van der Waals surface area contributed by atoms with Crippen LogP contribution in [-0.2, 0) is 23.5 Å². The van der Waals surface area contributed by atoms with Crippen molar-refractivity contribution in [1.29, 1.82) is 0 Å². The number of hydrogen-bond acceptors (Lipinski definition) is 5. The molecule has 0 aliphatic heterocycles. The molecule has 0 bridgehead atoms. The number of aromatic nitrogens is 4. The monoisotopic (exact) mass is 431 g/mol. The molecule has 0 atom stereocenters. The Labute approximate surface area is 164 Å². The Kier molecular flexibility index (Phi) is 5.38. The van der Waals surface area contributed by atoms with E-state index in [1.54, 1.807) is 13.1 Å². The van der Waals surface area contributed by atoms with Crippen LogP contribution in [0.3, 0.4) is 0 Å². The lowest BCUT2D eigenvalue weighted by atomic mass is 10.1. The van der Waals surface area contributed by atoms with Crippen LogP contribution in [0.15, 0.2) is 41.3 Å². The maximum absolute atomic E-state index is 12.6. The largest absolute Gasteiger partial charge is 0.279 e. The molecule has 0 saturated carbocycles. The molecule has 0 amide bonds. The van der Waals surface area contributed by atoms with E-state index in [1.807, 2.05) is 0 Å². The van der Waals surface area contributed by atoms with Crippen LogP contribution in [0.1, 0.15) is 11.4 Å². The molecule has 1 N–H and O–H groups in total. The van der Waals surface area contributed by atoms with Crippen LogP contribution in [0.2, 0.25) is 15.1 Å². The average Bonchev–Trinajstić information content (AvgIpc) is 2.97. The van der Waals surface area contributed by atoms with Gasteiger partial charge in [-0.15, -0.1) is 10.2 Å². The highest BCUT2D eigenvalue weighted by Gasteiger charge is 2.18. The van der Waals surface area contributed by atoms with Crippen molar-refractivity contribution in [1.82, 2.24) is 20.2 Å². The van der Waals surface area contributed by atoms with Gasteiger partial charge >= 0.3 is 0 Å². The molecule has 7 nitrogen and oxygen atoms in total. The molecule has 136 valence electrons. The van der Waals surface area contributed by atoms with Gasteiger partial charge in [-0.3, -0.25) is 4.72 Å². The van der Waals surface area contributed by atoms with Gasteiger partial charge in [0.2, 0.25) is 0 Å². The van der Waals surface area contributed by atoms with Crippen LogP contribution in [0.25, 0.3) is 0 Å². The summed E-state index contributed by atoms with van der Waals surface area (Å²) in [6, 6.07) is 8.83. The second-order valence-corrected chi connectivity index (χ2v) is 8.29. The first-order valence-corrected chi connectivity index (χ1v) is 9.85. The highest BCUT2D eigenvalue weighted by Crippen LogP contribution is 2.31. The fourth-order valence-corrected chi connectivity index (χ4v) is 3.78. The van der Waals surface area contributed by atoms with Gasteiger partial charge in [-0.1, -0.05) is 34.8 Å². The van der Waals surface area contributed by atoms with Gasteiger partial charge in [0.15, 0.2) is 5.82 Å². The van der Waals surface area contributed by atoms with E-state index in [9.17, 15) is 8.42 Å². The molecule has 3 aromatic rings. The molecule has 0 aliphatic carbocycles. The molecule has 0 radical (unpaired) electrons. The second kappa shape index (κ2) is 7.40. The van der Waals surface area contributed by atoms with E-state index in [0.717, 1.165) is 0 Å². The third-order valence-corrected chi connectivity index (χ3v) is 5.77. The molecule has 0 fully saturated rings. The molecule has 2 aromatic carbocycles. The number of rotatable bonds is 5. The topological polar surface area (TPSA) is 89.8 Å². The maximum atomic E-state index is 12.6. The summed E-state index contributed by atoms with van der Waals surface area (Å²) in [7, 11) is -2.21. The molecule has 0 saturated heterocycles. The Hall–Kier alpha value is -1.87. The number of nitrogens with one attached hydrogen (secondary N) is 1. The number of tetrazole rings is 1. The summed E-state index contributed by atoms with van der Waals surface area (Å²) in [4.78, 5) is 1.38. The second-order valence-electron chi connectivity index (χ2n) is 5.35. The van der Waals surface area contributed by atoms with E-state index in [4.69, 9.17) is 34.8 Å². The molecule has 1 aromatic heterocycles. The van der Waals surface area contributed by atoms with E-state index >= 15 is 0 Å². The van der Waals surface area contributed by atoms with Crippen molar-refractivity contribution >= 4 is 50.5 Å². The SMILES string of the molecule is Cn1nnc(Cc2cc(Cl)c(Cl)cc2NS(=O)(=O)c2ccc(Cl)cc2)n1. The lowest BCUT2D eigenvalue weighted by Crippen LogP contribution is -2.14. The summed E-state index contributed by atoms with van der Waals surface area (Å²) in [5.41, 5.74) is 0.840. The fraction of sp³-hybridized carbons (Fsp3) is 0.133. The molecule has 0 unspecified atom stereocenters. The van der Waals surface area contributed by atoms with E-state index in [0.29, 0.717) is 21.4 Å². The average molecular weight is 433 g/mol. The Balaban J connectivity index is 1.98. The smallest absolute Gasteiger partial charge is 0.261 e. The number of benzene rings is 2. The van der Waals surface area contributed by atoms with Crippen molar-refractivity contribution in [2.45, 2.75) is 11.3 Å². The molecular formula is C15H12Cl3N5O2S. The first-order valence-electron chi connectivity index (χ1n) is 7.24. The predicted molar refractivity (Wildman–Crippen MR) is 100 cm³/mol. The summed E-state index contributed by atoms with van der Waals surface area (Å²) < 4.78 is 27.8. The van der Waals surface area contributed by atoms with Crippen molar-refractivity contribution < 1.29 is 8.42 Å². The predicted octanol–water partition coefficient (Wildman–Crippen LogP) is 3.56. The maximum Gasteiger partial charge on any atom is 0.261 e.